The Labute approximate surface area is 135 Å². The first-order valence-corrected chi connectivity index (χ1v) is 9.24. The molecule has 0 aromatic carbocycles. The number of nitrogens with zero attached hydrogens (tertiary/aromatic N) is 1. The summed E-state index contributed by atoms with van der Waals surface area (Å²) in [6.45, 7) is 2.61. The highest BCUT2D eigenvalue weighted by molar-refractivity contribution is 7.07. The summed E-state index contributed by atoms with van der Waals surface area (Å²) < 4.78 is 0. The lowest BCUT2D eigenvalue weighted by Crippen LogP contribution is -2.47. The minimum absolute atomic E-state index is 0.0556. The average Bonchev–Trinajstić information content (AvgIpc) is 3.26. The van der Waals surface area contributed by atoms with Crippen molar-refractivity contribution in [1.29, 1.82) is 0 Å². The Bertz CT molecular complexity index is 523. The van der Waals surface area contributed by atoms with Crippen molar-refractivity contribution in [3.05, 3.63) is 22.4 Å². The third kappa shape index (κ3) is 3.19. The molecule has 22 heavy (non-hydrogen) atoms. The molecule has 3 rings (SSSR count). The van der Waals surface area contributed by atoms with Gasteiger partial charge in [-0.2, -0.15) is 11.3 Å². The number of carbonyl (C=O) groups is 2. The second-order valence-corrected chi connectivity index (χ2v) is 7.24. The van der Waals surface area contributed by atoms with E-state index in [1.54, 1.807) is 11.3 Å². The summed E-state index contributed by atoms with van der Waals surface area (Å²) >= 11 is 1.67. The van der Waals surface area contributed by atoms with Crippen LogP contribution < -0.4 is 5.32 Å². The van der Waals surface area contributed by atoms with Gasteiger partial charge >= 0.3 is 0 Å². The molecular formula is C17H24N2O2S. The number of likely N-dealkylation sites (tertiary alicyclic amines) is 1. The van der Waals surface area contributed by atoms with Crippen molar-refractivity contribution >= 4 is 23.2 Å². The summed E-state index contributed by atoms with van der Waals surface area (Å²) in [7, 11) is 0. The fraction of sp³-hybridized carbons (Fsp3) is 0.647. The predicted molar refractivity (Wildman–Crippen MR) is 87.6 cm³/mol. The van der Waals surface area contributed by atoms with Crippen LogP contribution in [0.4, 0.5) is 0 Å². The predicted octanol–water partition coefficient (Wildman–Crippen LogP) is 3.11. The van der Waals surface area contributed by atoms with Crippen LogP contribution in [0.3, 0.4) is 0 Å². The number of thiophene rings is 1. The van der Waals surface area contributed by atoms with Gasteiger partial charge in [-0.1, -0.05) is 12.8 Å². The van der Waals surface area contributed by atoms with Gasteiger partial charge in [0.05, 0.1) is 6.04 Å². The molecule has 1 aliphatic heterocycles. The zero-order valence-electron chi connectivity index (χ0n) is 13.1. The summed E-state index contributed by atoms with van der Waals surface area (Å²) in [6.07, 6.45) is 6.25. The minimum Gasteiger partial charge on any atom is -0.344 e. The van der Waals surface area contributed by atoms with E-state index in [1.807, 2.05) is 11.8 Å². The van der Waals surface area contributed by atoms with E-state index in [0.29, 0.717) is 0 Å². The maximum atomic E-state index is 12.7. The molecule has 2 atom stereocenters. The van der Waals surface area contributed by atoms with Crippen molar-refractivity contribution in [3.8, 4) is 0 Å². The van der Waals surface area contributed by atoms with Crippen LogP contribution in [0.15, 0.2) is 16.8 Å². The molecule has 1 aromatic heterocycles. The highest BCUT2D eigenvalue weighted by Crippen LogP contribution is 2.33. The van der Waals surface area contributed by atoms with E-state index in [0.717, 1.165) is 45.1 Å². The third-order valence-electron chi connectivity index (χ3n) is 4.92. The smallest absolute Gasteiger partial charge is 0.245 e. The number of amides is 2. The van der Waals surface area contributed by atoms with Crippen LogP contribution in [0.25, 0.3) is 0 Å². The Balaban J connectivity index is 1.61. The molecule has 5 heteroatoms. The van der Waals surface area contributed by atoms with Crippen molar-refractivity contribution in [2.45, 2.75) is 57.5 Å². The molecule has 2 fully saturated rings. The quantitative estimate of drug-likeness (QED) is 0.927. The van der Waals surface area contributed by atoms with E-state index in [-0.39, 0.29) is 23.8 Å². The fourth-order valence-corrected chi connectivity index (χ4v) is 4.38. The van der Waals surface area contributed by atoms with Gasteiger partial charge in [0.2, 0.25) is 11.8 Å². The Kier molecular flexibility index (Phi) is 4.81. The van der Waals surface area contributed by atoms with Crippen molar-refractivity contribution in [2.24, 2.45) is 5.92 Å². The standard InChI is InChI=1S/C17H24N2O2S/c1-12(18-16(20)13-5-2-3-6-13)17(21)19-9-4-7-15(19)14-8-10-22-11-14/h8,10-13,15H,2-7,9H2,1H3,(H,18,20)/t12-,15-/m0/s1. The Morgan fingerprint density at radius 1 is 1.27 bits per heavy atom. The maximum absolute atomic E-state index is 12.7. The topological polar surface area (TPSA) is 49.4 Å². The molecule has 1 aliphatic carbocycles. The van der Waals surface area contributed by atoms with Crippen molar-refractivity contribution in [3.63, 3.8) is 0 Å². The number of carbonyl (C=O) groups excluding carboxylic acids is 2. The SMILES string of the molecule is C[C@H](NC(=O)C1CCCC1)C(=O)N1CCC[C@H]1c1ccsc1. The Hall–Kier alpha value is -1.36. The third-order valence-corrected chi connectivity index (χ3v) is 5.62. The molecule has 2 amide bonds. The average molecular weight is 320 g/mol. The lowest BCUT2D eigenvalue weighted by Gasteiger charge is -2.28. The molecule has 120 valence electrons. The van der Waals surface area contributed by atoms with Crippen LogP contribution in [0.5, 0.6) is 0 Å². The first-order valence-electron chi connectivity index (χ1n) is 8.30. The maximum Gasteiger partial charge on any atom is 0.245 e. The van der Waals surface area contributed by atoms with Crippen molar-refractivity contribution in [1.82, 2.24) is 10.2 Å². The summed E-state index contributed by atoms with van der Waals surface area (Å²) in [6, 6.07) is 1.86. The van der Waals surface area contributed by atoms with Gasteiger partial charge in [0.25, 0.3) is 0 Å². The summed E-state index contributed by atoms with van der Waals surface area (Å²) in [5, 5.41) is 7.12. The van der Waals surface area contributed by atoms with Gasteiger partial charge in [-0.3, -0.25) is 9.59 Å². The molecule has 0 radical (unpaired) electrons. The molecule has 2 heterocycles. The second-order valence-electron chi connectivity index (χ2n) is 6.46. The van der Waals surface area contributed by atoms with E-state index in [2.05, 4.69) is 22.1 Å². The monoisotopic (exact) mass is 320 g/mol. The highest BCUT2D eigenvalue weighted by Gasteiger charge is 2.34. The number of nitrogens with one attached hydrogen (secondary N) is 1. The first kappa shape index (κ1) is 15.5. The molecule has 2 aliphatic rings. The lowest BCUT2D eigenvalue weighted by atomic mass is 10.1. The molecule has 4 nitrogen and oxygen atoms in total. The summed E-state index contributed by atoms with van der Waals surface area (Å²) in [5.41, 5.74) is 1.23. The molecule has 0 spiro atoms. The first-order chi connectivity index (χ1) is 10.7. The molecule has 1 aromatic rings. The summed E-state index contributed by atoms with van der Waals surface area (Å²) in [4.78, 5) is 26.9. The van der Waals surface area contributed by atoms with Crippen LogP contribution in [0.2, 0.25) is 0 Å². The van der Waals surface area contributed by atoms with Gasteiger partial charge in [-0.05, 0) is 55.0 Å². The molecule has 1 saturated carbocycles. The van der Waals surface area contributed by atoms with E-state index in [9.17, 15) is 9.59 Å². The van der Waals surface area contributed by atoms with Gasteiger partial charge in [0, 0.05) is 12.5 Å². The van der Waals surface area contributed by atoms with E-state index >= 15 is 0 Å². The number of hydrogen-bond donors (Lipinski definition) is 1. The van der Waals surface area contributed by atoms with Crippen molar-refractivity contribution < 1.29 is 9.59 Å². The van der Waals surface area contributed by atoms with Crippen LogP contribution in [-0.4, -0.2) is 29.3 Å². The number of hydrogen-bond acceptors (Lipinski definition) is 3. The fourth-order valence-electron chi connectivity index (χ4n) is 3.67. The van der Waals surface area contributed by atoms with Gasteiger partial charge in [0.15, 0.2) is 0 Å². The van der Waals surface area contributed by atoms with E-state index in [4.69, 9.17) is 0 Å². The van der Waals surface area contributed by atoms with Gasteiger partial charge in [0.1, 0.15) is 6.04 Å². The zero-order valence-corrected chi connectivity index (χ0v) is 13.9. The molecule has 1 N–H and O–H groups in total. The van der Waals surface area contributed by atoms with Crippen LogP contribution in [0, 0.1) is 5.92 Å². The van der Waals surface area contributed by atoms with Crippen LogP contribution >= 0.6 is 11.3 Å². The van der Waals surface area contributed by atoms with Crippen LogP contribution in [-0.2, 0) is 9.59 Å². The Morgan fingerprint density at radius 3 is 2.73 bits per heavy atom. The minimum atomic E-state index is -0.424. The molecule has 0 unspecified atom stereocenters. The zero-order chi connectivity index (χ0) is 15.5. The van der Waals surface area contributed by atoms with Gasteiger partial charge in [-0.25, -0.2) is 0 Å². The van der Waals surface area contributed by atoms with Crippen LogP contribution in [0.1, 0.15) is 57.1 Å². The molecule has 0 bridgehead atoms. The lowest BCUT2D eigenvalue weighted by molar-refractivity contribution is -0.137. The van der Waals surface area contributed by atoms with Crippen molar-refractivity contribution in [2.75, 3.05) is 6.54 Å². The normalized spacial score (nSPS) is 23.7. The van der Waals surface area contributed by atoms with E-state index in [1.165, 1.54) is 5.56 Å². The highest BCUT2D eigenvalue weighted by atomic mass is 32.1. The molecular weight excluding hydrogens is 296 g/mol. The largest absolute Gasteiger partial charge is 0.344 e. The summed E-state index contributed by atoms with van der Waals surface area (Å²) in [5.74, 6) is 0.228. The van der Waals surface area contributed by atoms with E-state index < -0.39 is 6.04 Å². The Morgan fingerprint density at radius 2 is 2.05 bits per heavy atom. The van der Waals surface area contributed by atoms with Gasteiger partial charge in [-0.15, -0.1) is 0 Å². The molecule has 1 saturated heterocycles. The van der Waals surface area contributed by atoms with Gasteiger partial charge < -0.3 is 10.2 Å². The number of rotatable bonds is 4. The second kappa shape index (κ2) is 6.82.